The molecule has 0 saturated heterocycles. The standard InChI is InChI=1S/C15H23NOS/c1-12-5-4-6-13(9-12)10-18(17)11-15(16)14-7-2-3-8-14/h4-6,9,14-15H,2-3,7-8,10-11,16H2,1H3. The zero-order valence-corrected chi connectivity index (χ0v) is 11.9. The van der Waals surface area contributed by atoms with E-state index in [2.05, 4.69) is 19.1 Å². The molecular weight excluding hydrogens is 242 g/mol. The Morgan fingerprint density at radius 1 is 1.39 bits per heavy atom. The highest BCUT2D eigenvalue weighted by molar-refractivity contribution is 7.84. The van der Waals surface area contributed by atoms with Crippen LogP contribution in [-0.4, -0.2) is 16.0 Å². The molecule has 0 radical (unpaired) electrons. The summed E-state index contributed by atoms with van der Waals surface area (Å²) < 4.78 is 12.1. The van der Waals surface area contributed by atoms with Crippen molar-refractivity contribution in [2.45, 2.75) is 44.4 Å². The lowest BCUT2D eigenvalue weighted by molar-refractivity contribution is 0.460. The Balaban J connectivity index is 1.84. The smallest absolute Gasteiger partial charge is 0.0486 e. The number of benzene rings is 1. The normalized spacial score (nSPS) is 19.9. The minimum atomic E-state index is -0.830. The minimum absolute atomic E-state index is 0.123. The summed E-state index contributed by atoms with van der Waals surface area (Å²) in [6.07, 6.45) is 5.04. The van der Waals surface area contributed by atoms with Crippen molar-refractivity contribution in [3.05, 3.63) is 35.4 Å². The van der Waals surface area contributed by atoms with Crippen LogP contribution in [0.3, 0.4) is 0 Å². The van der Waals surface area contributed by atoms with Crippen molar-refractivity contribution in [2.24, 2.45) is 11.7 Å². The van der Waals surface area contributed by atoms with Crippen molar-refractivity contribution < 1.29 is 4.21 Å². The van der Waals surface area contributed by atoms with Gasteiger partial charge in [-0.3, -0.25) is 4.21 Å². The largest absolute Gasteiger partial charge is 0.327 e. The molecule has 3 heteroatoms. The molecule has 2 atom stereocenters. The van der Waals surface area contributed by atoms with Crippen LogP contribution in [0.1, 0.15) is 36.8 Å². The van der Waals surface area contributed by atoms with E-state index in [1.807, 2.05) is 12.1 Å². The average Bonchev–Trinajstić information content (AvgIpc) is 2.81. The zero-order valence-electron chi connectivity index (χ0n) is 11.1. The van der Waals surface area contributed by atoms with Crippen LogP contribution in [0.2, 0.25) is 0 Å². The van der Waals surface area contributed by atoms with Gasteiger partial charge in [-0.15, -0.1) is 0 Å². The Labute approximate surface area is 112 Å². The van der Waals surface area contributed by atoms with Crippen molar-refractivity contribution in [3.8, 4) is 0 Å². The first kappa shape index (κ1) is 13.8. The van der Waals surface area contributed by atoms with Gasteiger partial charge in [0, 0.05) is 28.3 Å². The summed E-state index contributed by atoms with van der Waals surface area (Å²) in [4.78, 5) is 0. The van der Waals surface area contributed by atoms with Crippen LogP contribution in [0.5, 0.6) is 0 Å². The second-order valence-electron chi connectivity index (χ2n) is 5.45. The van der Waals surface area contributed by atoms with E-state index in [0.717, 1.165) is 5.56 Å². The molecule has 18 heavy (non-hydrogen) atoms. The van der Waals surface area contributed by atoms with Crippen LogP contribution in [0.15, 0.2) is 24.3 Å². The van der Waals surface area contributed by atoms with Crippen molar-refractivity contribution in [1.29, 1.82) is 0 Å². The first-order chi connectivity index (χ1) is 8.65. The predicted molar refractivity (Wildman–Crippen MR) is 77.8 cm³/mol. The molecule has 1 fully saturated rings. The quantitative estimate of drug-likeness (QED) is 0.889. The molecule has 2 unspecified atom stereocenters. The van der Waals surface area contributed by atoms with Crippen LogP contribution in [0.4, 0.5) is 0 Å². The fraction of sp³-hybridized carbons (Fsp3) is 0.600. The number of hydrogen-bond acceptors (Lipinski definition) is 2. The molecule has 2 nitrogen and oxygen atoms in total. The summed E-state index contributed by atoms with van der Waals surface area (Å²) in [5, 5.41) is 0. The van der Waals surface area contributed by atoms with Gasteiger partial charge in [-0.1, -0.05) is 42.7 Å². The third-order valence-corrected chi connectivity index (χ3v) is 5.21. The number of nitrogens with two attached hydrogens (primary N) is 1. The second-order valence-corrected chi connectivity index (χ2v) is 6.95. The fourth-order valence-electron chi connectivity index (χ4n) is 2.78. The van der Waals surface area contributed by atoms with Gasteiger partial charge in [0.1, 0.15) is 0 Å². The van der Waals surface area contributed by atoms with Gasteiger partial charge in [0.05, 0.1) is 0 Å². The topological polar surface area (TPSA) is 43.1 Å². The third-order valence-electron chi connectivity index (χ3n) is 3.79. The maximum absolute atomic E-state index is 12.1. The molecule has 1 saturated carbocycles. The molecule has 0 amide bonds. The van der Waals surface area contributed by atoms with Crippen LogP contribution < -0.4 is 5.73 Å². The molecule has 0 aromatic heterocycles. The van der Waals surface area contributed by atoms with E-state index in [-0.39, 0.29) is 6.04 Å². The molecular formula is C15H23NOS. The monoisotopic (exact) mass is 265 g/mol. The Hall–Kier alpha value is -0.670. The summed E-state index contributed by atoms with van der Waals surface area (Å²) in [7, 11) is -0.830. The first-order valence-electron chi connectivity index (χ1n) is 6.81. The lowest BCUT2D eigenvalue weighted by Gasteiger charge is -2.18. The molecule has 0 spiro atoms. The van der Waals surface area contributed by atoms with Gasteiger partial charge in [0.15, 0.2) is 0 Å². The Morgan fingerprint density at radius 2 is 2.11 bits per heavy atom. The van der Waals surface area contributed by atoms with Gasteiger partial charge >= 0.3 is 0 Å². The van der Waals surface area contributed by atoms with Crippen LogP contribution in [0, 0.1) is 12.8 Å². The number of hydrogen-bond donors (Lipinski definition) is 1. The molecule has 1 aliphatic rings. The van der Waals surface area contributed by atoms with Crippen LogP contribution >= 0.6 is 0 Å². The third kappa shape index (κ3) is 3.92. The summed E-state index contributed by atoms with van der Waals surface area (Å²) >= 11 is 0. The summed E-state index contributed by atoms with van der Waals surface area (Å²) in [6, 6.07) is 8.37. The van der Waals surface area contributed by atoms with Crippen molar-refractivity contribution in [1.82, 2.24) is 0 Å². The van der Waals surface area contributed by atoms with Gasteiger partial charge < -0.3 is 5.73 Å². The van der Waals surface area contributed by atoms with Crippen molar-refractivity contribution in [2.75, 3.05) is 5.75 Å². The lowest BCUT2D eigenvalue weighted by atomic mass is 10.0. The van der Waals surface area contributed by atoms with Gasteiger partial charge in [-0.25, -0.2) is 0 Å². The molecule has 2 rings (SSSR count). The second kappa shape index (κ2) is 6.48. The Bertz CT molecular complexity index is 413. The molecule has 0 aliphatic heterocycles. The van der Waals surface area contributed by atoms with Crippen LogP contribution in [-0.2, 0) is 16.6 Å². The molecule has 1 aromatic rings. The number of rotatable bonds is 5. The van der Waals surface area contributed by atoms with Gasteiger partial charge in [0.2, 0.25) is 0 Å². The molecule has 1 aromatic carbocycles. The van der Waals surface area contributed by atoms with E-state index in [1.54, 1.807) is 0 Å². The molecule has 1 aliphatic carbocycles. The van der Waals surface area contributed by atoms with Crippen molar-refractivity contribution in [3.63, 3.8) is 0 Å². The Kier molecular flexibility index (Phi) is 4.95. The molecule has 0 bridgehead atoms. The molecule has 0 heterocycles. The summed E-state index contributed by atoms with van der Waals surface area (Å²) in [6.45, 7) is 2.07. The number of aryl methyl sites for hydroxylation is 1. The lowest BCUT2D eigenvalue weighted by Crippen LogP contribution is -2.34. The van der Waals surface area contributed by atoms with Crippen molar-refractivity contribution >= 4 is 10.8 Å². The fourth-order valence-corrected chi connectivity index (χ4v) is 4.15. The highest BCUT2D eigenvalue weighted by Crippen LogP contribution is 2.27. The van der Waals surface area contributed by atoms with E-state index < -0.39 is 10.8 Å². The highest BCUT2D eigenvalue weighted by atomic mass is 32.2. The van der Waals surface area contributed by atoms with Crippen LogP contribution in [0.25, 0.3) is 0 Å². The predicted octanol–water partition coefficient (Wildman–Crippen LogP) is 2.76. The average molecular weight is 265 g/mol. The van der Waals surface area contributed by atoms with E-state index in [4.69, 9.17) is 5.73 Å². The van der Waals surface area contributed by atoms with Gasteiger partial charge in [-0.2, -0.15) is 0 Å². The van der Waals surface area contributed by atoms with E-state index in [0.29, 0.717) is 17.4 Å². The molecule has 100 valence electrons. The maximum Gasteiger partial charge on any atom is 0.0486 e. The Morgan fingerprint density at radius 3 is 2.78 bits per heavy atom. The zero-order chi connectivity index (χ0) is 13.0. The van der Waals surface area contributed by atoms with Gasteiger partial charge in [0.25, 0.3) is 0 Å². The summed E-state index contributed by atoms with van der Waals surface area (Å²) in [5.74, 6) is 1.90. The highest BCUT2D eigenvalue weighted by Gasteiger charge is 2.23. The summed E-state index contributed by atoms with van der Waals surface area (Å²) in [5.41, 5.74) is 8.56. The maximum atomic E-state index is 12.1. The first-order valence-corrected chi connectivity index (χ1v) is 8.30. The van der Waals surface area contributed by atoms with E-state index in [1.165, 1.54) is 31.2 Å². The van der Waals surface area contributed by atoms with E-state index >= 15 is 0 Å². The molecule has 2 N–H and O–H groups in total. The van der Waals surface area contributed by atoms with Gasteiger partial charge in [-0.05, 0) is 31.2 Å². The minimum Gasteiger partial charge on any atom is -0.327 e. The SMILES string of the molecule is Cc1cccc(CS(=O)CC(N)C2CCCC2)c1. The van der Waals surface area contributed by atoms with E-state index in [9.17, 15) is 4.21 Å².